The summed E-state index contributed by atoms with van der Waals surface area (Å²) in [5, 5.41) is 8.52. The zero-order valence-corrected chi connectivity index (χ0v) is 9.64. The third-order valence-corrected chi connectivity index (χ3v) is 2.65. The summed E-state index contributed by atoms with van der Waals surface area (Å²) in [7, 11) is 1.32. The maximum atomic E-state index is 11.2. The molecule has 90 valence electrons. The van der Waals surface area contributed by atoms with Crippen molar-refractivity contribution in [3.63, 3.8) is 0 Å². The molecule has 5 nitrogen and oxygen atoms in total. The lowest BCUT2D eigenvalue weighted by Crippen LogP contribution is -2.30. The second kappa shape index (κ2) is 6.46. The average Bonchev–Trinajstić information content (AvgIpc) is 2.72. The summed E-state index contributed by atoms with van der Waals surface area (Å²) >= 11 is 0. The van der Waals surface area contributed by atoms with Gasteiger partial charge in [-0.1, -0.05) is 0 Å². The first-order valence-electron chi connectivity index (χ1n) is 5.41. The number of nitriles is 1. The largest absolute Gasteiger partial charge is 0.467 e. The lowest BCUT2D eigenvalue weighted by atomic mass is 10.0. The van der Waals surface area contributed by atoms with E-state index in [2.05, 4.69) is 10.8 Å². The Kier molecular flexibility index (Phi) is 5.23. The molecule has 0 amide bonds. The van der Waals surface area contributed by atoms with E-state index < -0.39 is 12.1 Å². The van der Waals surface area contributed by atoms with E-state index in [4.69, 9.17) is 14.7 Å². The number of nitrogens with zero attached hydrogens (tertiary/aromatic N) is 1. The second-order valence-corrected chi connectivity index (χ2v) is 3.79. The molecule has 0 aromatic rings. The van der Waals surface area contributed by atoms with Gasteiger partial charge in [-0.05, 0) is 19.8 Å². The van der Waals surface area contributed by atoms with Crippen molar-refractivity contribution in [2.75, 3.05) is 13.7 Å². The molecule has 1 saturated heterocycles. The van der Waals surface area contributed by atoms with Gasteiger partial charge in [-0.3, -0.25) is 0 Å². The van der Waals surface area contributed by atoms with Gasteiger partial charge in [0, 0.05) is 12.3 Å². The number of esters is 1. The highest BCUT2D eigenvalue weighted by atomic mass is 16.7. The fourth-order valence-electron chi connectivity index (χ4n) is 1.71. The predicted molar refractivity (Wildman–Crippen MR) is 55.3 cm³/mol. The van der Waals surface area contributed by atoms with Gasteiger partial charge in [0.05, 0.1) is 19.8 Å². The molecule has 16 heavy (non-hydrogen) atoms. The SMILES string of the molecule is COC(=O)[C@H](C)O[C@H]1OCC[C@@H]1CCC#N. The van der Waals surface area contributed by atoms with Crippen molar-refractivity contribution in [3.8, 4) is 6.07 Å². The molecule has 1 heterocycles. The molecule has 5 heteroatoms. The summed E-state index contributed by atoms with van der Waals surface area (Å²) in [5.41, 5.74) is 0. The first kappa shape index (κ1) is 12.9. The van der Waals surface area contributed by atoms with Crippen LogP contribution in [0.2, 0.25) is 0 Å². The van der Waals surface area contributed by atoms with Gasteiger partial charge >= 0.3 is 5.97 Å². The zero-order valence-electron chi connectivity index (χ0n) is 9.64. The van der Waals surface area contributed by atoms with Crippen LogP contribution in [0.4, 0.5) is 0 Å². The molecule has 0 spiro atoms. The molecule has 1 aliphatic heterocycles. The highest BCUT2D eigenvalue weighted by Crippen LogP contribution is 2.27. The standard InChI is InChI=1S/C11H17NO4/c1-8(10(13)14-2)16-11-9(4-3-6-12)5-7-15-11/h8-9,11H,3-5,7H2,1-2H3/t8-,9-,11+/m0/s1. The van der Waals surface area contributed by atoms with Crippen LogP contribution in [0.5, 0.6) is 0 Å². The molecule has 0 radical (unpaired) electrons. The van der Waals surface area contributed by atoms with E-state index in [0.29, 0.717) is 13.0 Å². The van der Waals surface area contributed by atoms with Crippen LogP contribution in [0.1, 0.15) is 26.2 Å². The molecule has 0 aromatic carbocycles. The summed E-state index contributed by atoms with van der Waals surface area (Å²) in [6.45, 7) is 2.25. The lowest BCUT2D eigenvalue weighted by Gasteiger charge is -2.21. The second-order valence-electron chi connectivity index (χ2n) is 3.79. The number of methoxy groups -OCH3 is 1. The molecule has 0 unspecified atom stereocenters. The molecule has 3 atom stereocenters. The molecule has 1 fully saturated rings. The molecule has 1 rings (SSSR count). The van der Waals surface area contributed by atoms with Crippen LogP contribution in [0, 0.1) is 17.2 Å². The summed E-state index contributed by atoms with van der Waals surface area (Å²) in [6.07, 6.45) is 1.09. The van der Waals surface area contributed by atoms with Gasteiger partial charge in [0.25, 0.3) is 0 Å². The van der Waals surface area contributed by atoms with E-state index in [0.717, 1.165) is 12.8 Å². The minimum absolute atomic E-state index is 0.201. The van der Waals surface area contributed by atoms with Crippen molar-refractivity contribution in [2.24, 2.45) is 5.92 Å². The van der Waals surface area contributed by atoms with E-state index in [1.165, 1.54) is 7.11 Å². The minimum Gasteiger partial charge on any atom is -0.467 e. The number of hydrogen-bond acceptors (Lipinski definition) is 5. The van der Waals surface area contributed by atoms with E-state index in [-0.39, 0.29) is 12.2 Å². The first-order valence-corrected chi connectivity index (χ1v) is 5.41. The van der Waals surface area contributed by atoms with Crippen LogP contribution in [0.3, 0.4) is 0 Å². The molecular formula is C11H17NO4. The number of rotatable bonds is 5. The molecular weight excluding hydrogens is 210 g/mol. The zero-order chi connectivity index (χ0) is 12.0. The van der Waals surface area contributed by atoms with Crippen molar-refractivity contribution < 1.29 is 19.0 Å². The Bertz CT molecular complexity index is 274. The Morgan fingerprint density at radius 3 is 3.06 bits per heavy atom. The molecule has 0 N–H and O–H groups in total. The number of carbonyl (C=O) groups is 1. The maximum absolute atomic E-state index is 11.2. The third kappa shape index (κ3) is 3.47. The predicted octanol–water partition coefficient (Wildman–Crippen LogP) is 1.23. The van der Waals surface area contributed by atoms with Crippen molar-refractivity contribution in [1.29, 1.82) is 5.26 Å². The highest BCUT2D eigenvalue weighted by Gasteiger charge is 2.31. The van der Waals surface area contributed by atoms with Gasteiger partial charge < -0.3 is 14.2 Å². The molecule has 0 aromatic heterocycles. The quantitative estimate of drug-likeness (QED) is 0.661. The summed E-state index contributed by atoms with van der Waals surface area (Å²) in [5.74, 6) is -0.207. The number of ether oxygens (including phenoxy) is 3. The van der Waals surface area contributed by atoms with Crippen LogP contribution >= 0.6 is 0 Å². The van der Waals surface area contributed by atoms with Crippen molar-refractivity contribution in [1.82, 2.24) is 0 Å². The molecule has 0 bridgehead atoms. The van der Waals surface area contributed by atoms with Crippen molar-refractivity contribution in [3.05, 3.63) is 0 Å². The fraction of sp³-hybridized carbons (Fsp3) is 0.818. The summed E-state index contributed by atoms with van der Waals surface area (Å²) in [6, 6.07) is 2.10. The fourth-order valence-corrected chi connectivity index (χ4v) is 1.71. The third-order valence-electron chi connectivity index (χ3n) is 2.65. The van der Waals surface area contributed by atoms with Crippen LogP contribution < -0.4 is 0 Å². The van der Waals surface area contributed by atoms with E-state index >= 15 is 0 Å². The van der Waals surface area contributed by atoms with Crippen LogP contribution in [-0.4, -0.2) is 32.1 Å². The average molecular weight is 227 g/mol. The van der Waals surface area contributed by atoms with Crippen LogP contribution in [-0.2, 0) is 19.0 Å². The van der Waals surface area contributed by atoms with Gasteiger partial charge in [-0.25, -0.2) is 4.79 Å². The Morgan fingerprint density at radius 2 is 2.44 bits per heavy atom. The van der Waals surface area contributed by atoms with Crippen molar-refractivity contribution >= 4 is 5.97 Å². The van der Waals surface area contributed by atoms with Gasteiger partial charge in [0.2, 0.25) is 0 Å². The van der Waals surface area contributed by atoms with E-state index in [1.807, 2.05) is 0 Å². The van der Waals surface area contributed by atoms with Gasteiger partial charge in [-0.2, -0.15) is 5.26 Å². The van der Waals surface area contributed by atoms with E-state index in [9.17, 15) is 4.79 Å². The summed E-state index contributed by atoms with van der Waals surface area (Å²) in [4.78, 5) is 11.2. The minimum atomic E-state index is -0.627. The van der Waals surface area contributed by atoms with E-state index in [1.54, 1.807) is 6.92 Å². The topological polar surface area (TPSA) is 68.6 Å². The Balaban J connectivity index is 2.40. The molecule has 0 aliphatic carbocycles. The summed E-state index contributed by atoms with van der Waals surface area (Å²) < 4.78 is 15.4. The van der Waals surface area contributed by atoms with Gasteiger partial charge in [-0.15, -0.1) is 0 Å². The van der Waals surface area contributed by atoms with Gasteiger partial charge in [0.15, 0.2) is 12.4 Å². The van der Waals surface area contributed by atoms with Crippen LogP contribution in [0.25, 0.3) is 0 Å². The van der Waals surface area contributed by atoms with Crippen molar-refractivity contribution in [2.45, 2.75) is 38.6 Å². The Labute approximate surface area is 95.3 Å². The molecule has 0 saturated carbocycles. The first-order chi connectivity index (χ1) is 7.69. The number of hydrogen-bond donors (Lipinski definition) is 0. The maximum Gasteiger partial charge on any atom is 0.334 e. The smallest absolute Gasteiger partial charge is 0.334 e. The highest BCUT2D eigenvalue weighted by molar-refractivity contribution is 5.73. The Hall–Kier alpha value is -1.12. The van der Waals surface area contributed by atoms with Crippen LogP contribution in [0.15, 0.2) is 0 Å². The number of carbonyl (C=O) groups excluding carboxylic acids is 1. The lowest BCUT2D eigenvalue weighted by molar-refractivity contribution is -0.185. The van der Waals surface area contributed by atoms with Gasteiger partial charge in [0.1, 0.15) is 0 Å². The monoisotopic (exact) mass is 227 g/mol. The Morgan fingerprint density at radius 1 is 1.69 bits per heavy atom. The molecule has 1 aliphatic rings. The normalized spacial score (nSPS) is 26.1.